The molecule has 0 heterocycles. The van der Waals surface area contributed by atoms with Gasteiger partial charge in [-0.25, -0.2) is 0 Å². The van der Waals surface area contributed by atoms with Crippen LogP contribution in [0.1, 0.15) is 37.6 Å². The first-order valence-corrected chi connectivity index (χ1v) is 8.52. The van der Waals surface area contributed by atoms with Gasteiger partial charge in [-0.1, -0.05) is 15.9 Å². The average Bonchev–Trinajstić information content (AvgIpc) is 2.52. The number of hydrogen-bond donors (Lipinski definition) is 0. The van der Waals surface area contributed by atoms with Crippen molar-refractivity contribution < 1.29 is 38.1 Å². The van der Waals surface area contributed by atoms with Crippen molar-refractivity contribution in [2.45, 2.75) is 38.3 Å². The third-order valence-electron chi connectivity index (χ3n) is 3.08. The van der Waals surface area contributed by atoms with Crippen molar-refractivity contribution in [1.82, 2.24) is 0 Å². The molecule has 0 amide bonds. The first-order chi connectivity index (χ1) is 12.2. The normalized spacial score (nSPS) is 11.5. The summed E-state index contributed by atoms with van der Waals surface area (Å²) in [5.41, 5.74) is 0.680. The van der Waals surface area contributed by atoms with E-state index in [0.717, 1.165) is 0 Å². The largest absolute Gasteiger partial charge is 0.493 e. The summed E-state index contributed by atoms with van der Waals surface area (Å²) >= 11 is 3.47. The Hall–Kier alpha value is -2.29. The number of ether oxygens (including phenoxy) is 5. The highest BCUT2D eigenvalue weighted by Crippen LogP contribution is 2.42. The fourth-order valence-corrected chi connectivity index (χ4v) is 2.69. The lowest BCUT2D eigenvalue weighted by Crippen LogP contribution is -2.23. The minimum atomic E-state index is -1.06. The Morgan fingerprint density at radius 3 is 1.73 bits per heavy atom. The van der Waals surface area contributed by atoms with Crippen LogP contribution in [0, 0.1) is 0 Å². The van der Waals surface area contributed by atoms with Crippen molar-refractivity contribution in [2.75, 3.05) is 14.2 Å². The molecule has 1 aromatic rings. The molecule has 26 heavy (non-hydrogen) atoms. The molecule has 1 atom stereocenters. The van der Waals surface area contributed by atoms with Gasteiger partial charge in [0.1, 0.15) is 0 Å². The summed E-state index contributed by atoms with van der Waals surface area (Å²) < 4.78 is 25.7. The highest BCUT2D eigenvalue weighted by molar-refractivity contribution is 9.09. The number of carbonyl (C=O) groups excluding carboxylic acids is 3. The number of benzene rings is 1. The molecule has 0 bridgehead atoms. The first kappa shape index (κ1) is 21.8. The highest BCUT2D eigenvalue weighted by Gasteiger charge is 2.24. The number of esters is 3. The standard InChI is InChI=1S/C17H21BrO8/c1-9(19)24-16(25-10(2)20)8-13(18)12-6-14(22-4)17(26-11(3)21)15(7-12)23-5/h6-7,13,16H,8H2,1-5H3. The Morgan fingerprint density at radius 2 is 1.38 bits per heavy atom. The summed E-state index contributed by atoms with van der Waals surface area (Å²) in [5, 5.41) is 0. The van der Waals surface area contributed by atoms with E-state index in [1.54, 1.807) is 12.1 Å². The van der Waals surface area contributed by atoms with Gasteiger partial charge in [-0.2, -0.15) is 0 Å². The predicted molar refractivity (Wildman–Crippen MR) is 94.5 cm³/mol. The molecule has 8 nitrogen and oxygen atoms in total. The molecule has 0 saturated heterocycles. The van der Waals surface area contributed by atoms with Gasteiger partial charge in [-0.05, 0) is 17.7 Å². The maximum Gasteiger partial charge on any atom is 0.308 e. The van der Waals surface area contributed by atoms with E-state index in [2.05, 4.69) is 15.9 Å². The van der Waals surface area contributed by atoms with Crippen molar-refractivity contribution in [3.63, 3.8) is 0 Å². The third kappa shape index (κ3) is 6.55. The van der Waals surface area contributed by atoms with Crippen LogP contribution >= 0.6 is 15.9 Å². The monoisotopic (exact) mass is 432 g/mol. The molecule has 144 valence electrons. The van der Waals surface area contributed by atoms with Gasteiger partial charge in [-0.15, -0.1) is 0 Å². The molecule has 1 rings (SSSR count). The zero-order valence-corrected chi connectivity index (χ0v) is 16.7. The Bertz CT molecular complexity index is 632. The van der Waals surface area contributed by atoms with Gasteiger partial charge < -0.3 is 23.7 Å². The van der Waals surface area contributed by atoms with E-state index in [0.29, 0.717) is 5.56 Å². The molecule has 0 aliphatic heterocycles. The van der Waals surface area contributed by atoms with Crippen molar-refractivity contribution in [1.29, 1.82) is 0 Å². The maximum atomic E-state index is 11.3. The van der Waals surface area contributed by atoms with E-state index in [4.69, 9.17) is 23.7 Å². The summed E-state index contributed by atoms with van der Waals surface area (Å²) in [5.74, 6) is -0.935. The summed E-state index contributed by atoms with van der Waals surface area (Å²) in [6.07, 6.45) is -0.905. The summed E-state index contributed by atoms with van der Waals surface area (Å²) in [7, 11) is 2.85. The number of hydrogen-bond acceptors (Lipinski definition) is 8. The molecule has 0 spiro atoms. The average molecular weight is 433 g/mol. The predicted octanol–water partition coefficient (Wildman–Crippen LogP) is 2.91. The van der Waals surface area contributed by atoms with Crippen LogP contribution < -0.4 is 14.2 Å². The zero-order valence-electron chi connectivity index (χ0n) is 15.2. The minimum absolute atomic E-state index is 0.151. The topological polar surface area (TPSA) is 97.4 Å². The second-order valence-corrected chi connectivity index (χ2v) is 6.31. The lowest BCUT2D eigenvalue weighted by Gasteiger charge is -2.21. The van der Waals surface area contributed by atoms with Crippen LogP contribution in [0.5, 0.6) is 17.2 Å². The number of carbonyl (C=O) groups is 3. The fourth-order valence-electron chi connectivity index (χ4n) is 2.12. The van der Waals surface area contributed by atoms with Crippen molar-refractivity contribution in [2.24, 2.45) is 0 Å². The Balaban J connectivity index is 3.13. The molecule has 0 fully saturated rings. The smallest absolute Gasteiger partial charge is 0.308 e. The molecule has 0 saturated carbocycles. The second kappa shape index (κ2) is 10.0. The van der Waals surface area contributed by atoms with Crippen molar-refractivity contribution in [3.8, 4) is 17.2 Å². The summed E-state index contributed by atoms with van der Waals surface area (Å²) in [6, 6.07) is 3.28. The van der Waals surface area contributed by atoms with Crippen molar-refractivity contribution >= 4 is 33.8 Å². The van der Waals surface area contributed by atoms with Gasteiger partial charge >= 0.3 is 17.9 Å². The van der Waals surface area contributed by atoms with Crippen LogP contribution in [0.15, 0.2) is 12.1 Å². The molecule has 1 unspecified atom stereocenters. The number of methoxy groups -OCH3 is 2. The fraction of sp³-hybridized carbons (Fsp3) is 0.471. The molecular formula is C17H21BrO8. The van der Waals surface area contributed by atoms with Crippen LogP contribution in [0.25, 0.3) is 0 Å². The summed E-state index contributed by atoms with van der Waals surface area (Å²) in [6.45, 7) is 3.71. The van der Waals surface area contributed by atoms with Gasteiger partial charge in [0.15, 0.2) is 11.5 Å². The highest BCUT2D eigenvalue weighted by atomic mass is 79.9. The Morgan fingerprint density at radius 1 is 0.923 bits per heavy atom. The van der Waals surface area contributed by atoms with Gasteiger partial charge in [0, 0.05) is 32.0 Å². The Kier molecular flexibility index (Phi) is 8.37. The van der Waals surface area contributed by atoms with Crippen LogP contribution in [-0.4, -0.2) is 38.4 Å². The van der Waals surface area contributed by atoms with Gasteiger partial charge in [0.05, 0.1) is 14.2 Å². The van der Waals surface area contributed by atoms with Gasteiger partial charge in [-0.3, -0.25) is 14.4 Å². The van der Waals surface area contributed by atoms with Crippen LogP contribution in [0.2, 0.25) is 0 Å². The van der Waals surface area contributed by atoms with Crippen LogP contribution in [0.3, 0.4) is 0 Å². The molecular weight excluding hydrogens is 412 g/mol. The molecule has 0 N–H and O–H groups in total. The van der Waals surface area contributed by atoms with E-state index in [1.165, 1.54) is 35.0 Å². The minimum Gasteiger partial charge on any atom is -0.493 e. The van der Waals surface area contributed by atoms with Crippen LogP contribution in [-0.2, 0) is 23.9 Å². The summed E-state index contributed by atoms with van der Waals surface area (Å²) in [4.78, 5) is 33.3. The lowest BCUT2D eigenvalue weighted by atomic mass is 10.1. The zero-order chi connectivity index (χ0) is 19.9. The molecule has 0 aromatic heterocycles. The molecule has 9 heteroatoms. The first-order valence-electron chi connectivity index (χ1n) is 7.60. The van der Waals surface area contributed by atoms with Crippen molar-refractivity contribution in [3.05, 3.63) is 17.7 Å². The van der Waals surface area contributed by atoms with Gasteiger partial charge in [0.2, 0.25) is 12.0 Å². The number of rotatable bonds is 8. The molecule has 0 radical (unpaired) electrons. The quantitative estimate of drug-likeness (QED) is 0.267. The van der Waals surface area contributed by atoms with Crippen LogP contribution in [0.4, 0.5) is 0 Å². The molecule has 0 aliphatic rings. The number of halogens is 1. The van der Waals surface area contributed by atoms with E-state index >= 15 is 0 Å². The maximum absolute atomic E-state index is 11.3. The number of alkyl halides is 1. The Labute approximate surface area is 159 Å². The van der Waals surface area contributed by atoms with E-state index in [-0.39, 0.29) is 28.5 Å². The van der Waals surface area contributed by atoms with E-state index in [1.807, 2.05) is 0 Å². The van der Waals surface area contributed by atoms with E-state index < -0.39 is 24.2 Å². The van der Waals surface area contributed by atoms with Gasteiger partial charge in [0.25, 0.3) is 0 Å². The third-order valence-corrected chi connectivity index (χ3v) is 3.99. The molecule has 0 aliphatic carbocycles. The molecule has 1 aromatic carbocycles. The lowest BCUT2D eigenvalue weighted by molar-refractivity contribution is -0.185. The van der Waals surface area contributed by atoms with E-state index in [9.17, 15) is 14.4 Å². The second-order valence-electron chi connectivity index (χ2n) is 5.20. The SMILES string of the molecule is COc1cc(C(Br)CC(OC(C)=O)OC(C)=O)cc(OC)c1OC(C)=O.